The van der Waals surface area contributed by atoms with Crippen molar-refractivity contribution in [1.29, 1.82) is 0 Å². The number of nitrogens with zero attached hydrogens (tertiary/aromatic N) is 3. The summed E-state index contributed by atoms with van der Waals surface area (Å²) in [6.45, 7) is 3.07. The van der Waals surface area contributed by atoms with Gasteiger partial charge < -0.3 is 9.55 Å². The van der Waals surface area contributed by atoms with Crippen LogP contribution in [-0.4, -0.2) is 31.3 Å². The molecule has 2 heterocycles. The lowest BCUT2D eigenvalue weighted by atomic mass is 10.1. The van der Waals surface area contributed by atoms with E-state index in [1.807, 2.05) is 30.3 Å². The number of ketones is 1. The first-order valence-electron chi connectivity index (χ1n) is 10.2. The molecular weight excluding hydrogens is 404 g/mol. The number of halogens is 1. The molecule has 0 bridgehead atoms. The number of rotatable bonds is 12. The Labute approximate surface area is 181 Å². The van der Waals surface area contributed by atoms with Gasteiger partial charge in [-0.2, -0.15) is 0 Å². The van der Waals surface area contributed by atoms with Crippen LogP contribution in [0.15, 0.2) is 47.8 Å². The number of carbonyl (C=O) groups excluding carboxylic acids is 1. The van der Waals surface area contributed by atoms with Gasteiger partial charge >= 0.3 is 0 Å². The number of unbranched alkanes of at least 4 members (excludes halogenated alkanes) is 5. The highest BCUT2D eigenvalue weighted by molar-refractivity contribution is 7.99. The molecule has 3 rings (SSSR count). The molecular formula is C22H27ClN4OS. The molecule has 0 atom stereocenters. The Morgan fingerprint density at radius 1 is 1.07 bits per heavy atom. The predicted octanol–water partition coefficient (Wildman–Crippen LogP) is 6.26. The van der Waals surface area contributed by atoms with E-state index in [1.165, 1.54) is 43.9 Å². The first kappa shape index (κ1) is 21.7. The lowest BCUT2D eigenvalue weighted by Crippen LogP contribution is -2.06. The van der Waals surface area contributed by atoms with Crippen LogP contribution in [-0.2, 0) is 6.54 Å². The summed E-state index contributed by atoms with van der Waals surface area (Å²) in [5, 5.41) is 10.3. The Hall–Kier alpha value is -2.05. The van der Waals surface area contributed by atoms with Crippen molar-refractivity contribution < 1.29 is 4.79 Å². The van der Waals surface area contributed by atoms with Crippen molar-refractivity contribution in [1.82, 2.24) is 19.7 Å². The highest BCUT2D eigenvalue weighted by Gasteiger charge is 2.16. The molecule has 5 nitrogen and oxygen atoms in total. The third kappa shape index (κ3) is 6.21. The van der Waals surface area contributed by atoms with Crippen LogP contribution >= 0.6 is 23.4 Å². The smallest absolute Gasteiger partial charge is 0.191 e. The fourth-order valence-corrected chi connectivity index (χ4v) is 4.15. The van der Waals surface area contributed by atoms with Crippen LogP contribution in [0.2, 0.25) is 5.02 Å². The molecule has 1 N–H and O–H groups in total. The fourth-order valence-electron chi connectivity index (χ4n) is 3.17. The molecule has 7 heteroatoms. The zero-order valence-electron chi connectivity index (χ0n) is 16.7. The molecule has 0 spiro atoms. The van der Waals surface area contributed by atoms with E-state index in [0.29, 0.717) is 16.5 Å². The Morgan fingerprint density at radius 3 is 2.55 bits per heavy atom. The van der Waals surface area contributed by atoms with Crippen molar-refractivity contribution in [3.05, 3.63) is 53.3 Å². The summed E-state index contributed by atoms with van der Waals surface area (Å²) < 4.78 is 2.13. The van der Waals surface area contributed by atoms with E-state index in [4.69, 9.17) is 11.6 Å². The normalized spacial score (nSPS) is 11.1. The van der Waals surface area contributed by atoms with Gasteiger partial charge in [-0.15, -0.1) is 10.2 Å². The van der Waals surface area contributed by atoms with Gasteiger partial charge in [0, 0.05) is 23.3 Å². The molecule has 3 aromatic rings. The van der Waals surface area contributed by atoms with Crippen LogP contribution in [0.3, 0.4) is 0 Å². The van der Waals surface area contributed by atoms with E-state index in [2.05, 4.69) is 26.7 Å². The first-order chi connectivity index (χ1) is 14.2. The molecule has 0 fully saturated rings. The summed E-state index contributed by atoms with van der Waals surface area (Å²) in [6.07, 6.45) is 9.10. The Balaban J connectivity index is 1.70. The van der Waals surface area contributed by atoms with E-state index in [9.17, 15) is 4.79 Å². The van der Waals surface area contributed by atoms with Crippen molar-refractivity contribution in [2.24, 2.45) is 0 Å². The first-order valence-corrected chi connectivity index (χ1v) is 11.5. The molecule has 0 saturated heterocycles. The van der Waals surface area contributed by atoms with Gasteiger partial charge in [-0.1, -0.05) is 62.4 Å². The molecule has 154 valence electrons. The fraction of sp³-hybridized carbons (Fsp3) is 0.409. The molecule has 0 amide bonds. The number of benzene rings is 1. The highest BCUT2D eigenvalue weighted by Crippen LogP contribution is 2.26. The van der Waals surface area contributed by atoms with Crippen LogP contribution < -0.4 is 0 Å². The molecule has 0 aliphatic heterocycles. The average Bonchev–Trinajstić information content (AvgIpc) is 3.40. The molecule has 0 aliphatic carbocycles. The van der Waals surface area contributed by atoms with Gasteiger partial charge in [-0.05, 0) is 42.8 Å². The highest BCUT2D eigenvalue weighted by atomic mass is 35.5. The summed E-state index contributed by atoms with van der Waals surface area (Å²) in [6, 6.07) is 11.3. The van der Waals surface area contributed by atoms with Crippen molar-refractivity contribution in [3.8, 4) is 11.4 Å². The van der Waals surface area contributed by atoms with Crippen molar-refractivity contribution in [2.45, 2.75) is 57.1 Å². The van der Waals surface area contributed by atoms with Crippen LogP contribution in [0.25, 0.3) is 11.4 Å². The number of hydrogen-bond acceptors (Lipinski definition) is 4. The summed E-state index contributed by atoms with van der Waals surface area (Å²) in [5.41, 5.74) is 1.60. The average molecular weight is 431 g/mol. The minimum Gasteiger partial charge on any atom is -0.359 e. The maximum atomic E-state index is 12.3. The van der Waals surface area contributed by atoms with Gasteiger partial charge in [0.1, 0.15) is 0 Å². The van der Waals surface area contributed by atoms with Gasteiger partial charge in [0.2, 0.25) is 0 Å². The number of Topliss-reactive ketones (excluding diaryl/α,β-unsaturated/α-hetero) is 1. The molecule has 0 aliphatic rings. The van der Waals surface area contributed by atoms with Crippen molar-refractivity contribution in [2.75, 3.05) is 5.75 Å². The number of aromatic nitrogens is 4. The van der Waals surface area contributed by atoms with Crippen LogP contribution in [0.1, 0.15) is 55.9 Å². The minimum absolute atomic E-state index is 0.0576. The van der Waals surface area contributed by atoms with Crippen molar-refractivity contribution >= 4 is 29.1 Å². The van der Waals surface area contributed by atoms with Crippen molar-refractivity contribution in [3.63, 3.8) is 0 Å². The monoisotopic (exact) mass is 430 g/mol. The Morgan fingerprint density at radius 2 is 1.83 bits per heavy atom. The second kappa shape index (κ2) is 11.2. The third-order valence-electron chi connectivity index (χ3n) is 4.79. The lowest BCUT2D eigenvalue weighted by molar-refractivity contribution is 0.101. The quantitative estimate of drug-likeness (QED) is 0.209. The van der Waals surface area contributed by atoms with E-state index in [-0.39, 0.29) is 5.78 Å². The van der Waals surface area contributed by atoms with Gasteiger partial charge in [-0.3, -0.25) is 4.79 Å². The molecule has 29 heavy (non-hydrogen) atoms. The largest absolute Gasteiger partial charge is 0.359 e. The molecule has 0 saturated carbocycles. The Kier molecular flexibility index (Phi) is 8.38. The Bertz CT molecular complexity index is 890. The summed E-state index contributed by atoms with van der Waals surface area (Å²) >= 11 is 7.47. The summed E-state index contributed by atoms with van der Waals surface area (Å²) in [5.74, 6) is 1.21. The number of thioether (sulfide) groups is 1. The lowest BCUT2D eigenvalue weighted by Gasteiger charge is -2.10. The predicted molar refractivity (Wildman–Crippen MR) is 120 cm³/mol. The van der Waals surface area contributed by atoms with E-state index in [1.54, 1.807) is 12.3 Å². The number of aromatic amines is 1. The summed E-state index contributed by atoms with van der Waals surface area (Å²) in [4.78, 5) is 15.3. The molecule has 2 aromatic heterocycles. The second-order valence-corrected chi connectivity index (χ2v) is 8.41. The van der Waals surface area contributed by atoms with E-state index < -0.39 is 0 Å². The maximum Gasteiger partial charge on any atom is 0.191 e. The van der Waals surface area contributed by atoms with Crippen LogP contribution in [0.4, 0.5) is 0 Å². The minimum atomic E-state index is 0.0576. The standard InChI is InChI=1S/C22H27ClN4OS/c1-2-3-4-5-6-7-15-27-21(17-10-12-18(23)13-11-17)25-26-22(27)29-16-20(28)19-9-8-14-24-19/h8-14,24H,2-7,15-16H2,1H3. The number of nitrogens with one attached hydrogen (secondary N) is 1. The number of carbonyl (C=O) groups is 1. The van der Waals surface area contributed by atoms with Gasteiger partial charge in [0.25, 0.3) is 0 Å². The second-order valence-electron chi connectivity index (χ2n) is 7.03. The number of H-pyrrole nitrogens is 1. The third-order valence-corrected chi connectivity index (χ3v) is 6.00. The van der Waals surface area contributed by atoms with Gasteiger partial charge in [0.05, 0.1) is 11.4 Å². The van der Waals surface area contributed by atoms with Crippen LogP contribution in [0.5, 0.6) is 0 Å². The van der Waals surface area contributed by atoms with E-state index >= 15 is 0 Å². The zero-order chi connectivity index (χ0) is 20.5. The topological polar surface area (TPSA) is 63.6 Å². The van der Waals surface area contributed by atoms with Crippen LogP contribution in [0, 0.1) is 0 Å². The van der Waals surface area contributed by atoms with E-state index in [0.717, 1.165) is 29.5 Å². The maximum absolute atomic E-state index is 12.3. The zero-order valence-corrected chi connectivity index (χ0v) is 18.3. The molecule has 0 radical (unpaired) electrons. The SMILES string of the molecule is CCCCCCCCn1c(SCC(=O)c2ccc[nH]2)nnc1-c1ccc(Cl)cc1. The molecule has 1 aromatic carbocycles. The summed E-state index contributed by atoms with van der Waals surface area (Å²) in [7, 11) is 0. The van der Waals surface area contributed by atoms with Gasteiger partial charge in [-0.25, -0.2) is 0 Å². The van der Waals surface area contributed by atoms with Gasteiger partial charge in [0.15, 0.2) is 16.8 Å². The number of hydrogen-bond donors (Lipinski definition) is 1. The molecule has 0 unspecified atom stereocenters.